The van der Waals surface area contributed by atoms with Crippen LogP contribution < -0.4 is 10.6 Å². The molecule has 0 unspecified atom stereocenters. The van der Waals surface area contributed by atoms with Crippen molar-refractivity contribution in [1.82, 2.24) is 4.98 Å². The summed E-state index contributed by atoms with van der Waals surface area (Å²) in [6.45, 7) is 5.56. The Labute approximate surface area is 189 Å². The Kier molecular flexibility index (Phi) is 5.01. The first kappa shape index (κ1) is 21.3. The van der Waals surface area contributed by atoms with Crippen LogP contribution in [-0.2, 0) is 9.59 Å². The van der Waals surface area contributed by atoms with E-state index in [4.69, 9.17) is 5.73 Å². The van der Waals surface area contributed by atoms with Gasteiger partial charge in [0.05, 0.1) is 18.2 Å². The van der Waals surface area contributed by atoms with Crippen molar-refractivity contribution in [3.05, 3.63) is 64.4 Å². The summed E-state index contributed by atoms with van der Waals surface area (Å²) in [6.07, 6.45) is 6.93. The van der Waals surface area contributed by atoms with Crippen molar-refractivity contribution in [3.8, 4) is 6.07 Å². The van der Waals surface area contributed by atoms with Gasteiger partial charge in [0.25, 0.3) is 0 Å². The zero-order chi connectivity index (χ0) is 22.6. The number of benzene rings is 1. The van der Waals surface area contributed by atoms with E-state index < -0.39 is 34.7 Å². The van der Waals surface area contributed by atoms with Crippen molar-refractivity contribution in [2.45, 2.75) is 38.8 Å². The number of Topliss-reactive ketones (excluding diaryl/α,β-unsaturated/α-hetero) is 1. The van der Waals surface area contributed by atoms with E-state index in [1.54, 1.807) is 24.5 Å². The fraction of sp³-hybridized carbons (Fsp3) is 0.333. The fourth-order valence-corrected chi connectivity index (χ4v) is 5.22. The molecule has 0 aliphatic carbocycles. The van der Waals surface area contributed by atoms with Crippen LogP contribution in [0.1, 0.15) is 37.8 Å². The lowest BCUT2D eigenvalue weighted by Gasteiger charge is -2.37. The molecule has 4 rings (SSSR count). The van der Waals surface area contributed by atoms with Crippen LogP contribution in [0.25, 0.3) is 6.08 Å². The van der Waals surface area contributed by atoms with Crippen molar-refractivity contribution in [1.29, 1.82) is 5.26 Å². The first-order valence-electron chi connectivity index (χ1n) is 10.0. The molecule has 2 aliphatic heterocycles. The molecule has 2 N–H and O–H groups in total. The van der Waals surface area contributed by atoms with Gasteiger partial charge in [-0.05, 0) is 41.5 Å². The fourth-order valence-electron chi connectivity index (χ4n) is 4.85. The molecule has 1 aromatic carbocycles. The molecule has 31 heavy (non-hydrogen) atoms. The van der Waals surface area contributed by atoms with Crippen molar-refractivity contribution < 1.29 is 9.59 Å². The van der Waals surface area contributed by atoms with Gasteiger partial charge in [0.15, 0.2) is 11.2 Å². The Morgan fingerprint density at radius 3 is 2.48 bits per heavy atom. The lowest BCUT2D eigenvalue weighted by Crippen LogP contribution is -2.49. The van der Waals surface area contributed by atoms with Gasteiger partial charge in [-0.25, -0.2) is 0 Å². The third kappa shape index (κ3) is 3.09. The number of hydrogen-bond acceptors (Lipinski definition) is 5. The van der Waals surface area contributed by atoms with Crippen LogP contribution in [0.15, 0.2) is 53.3 Å². The van der Waals surface area contributed by atoms with E-state index in [0.29, 0.717) is 5.56 Å². The number of aromatic nitrogens is 1. The molecule has 7 heteroatoms. The SMILES string of the molecule is CC(C)(C)C(=O)[C@@H]1[C@H](c2ccncc2)[C@](C#N)(C(N)=O)[C@@H]2C=Cc3cc(Br)ccc3N12. The number of rotatable bonds is 3. The molecule has 2 aromatic rings. The highest BCUT2D eigenvalue weighted by Crippen LogP contribution is 2.56. The summed E-state index contributed by atoms with van der Waals surface area (Å²) in [6, 6.07) is 10.1. The van der Waals surface area contributed by atoms with Gasteiger partial charge < -0.3 is 10.6 Å². The molecule has 0 radical (unpaired) electrons. The molecular weight excluding hydrogens is 456 g/mol. The van der Waals surface area contributed by atoms with Gasteiger partial charge in [0.1, 0.15) is 0 Å². The third-order valence-corrected chi connectivity index (χ3v) is 6.76. The second-order valence-corrected chi connectivity index (χ2v) is 9.99. The summed E-state index contributed by atoms with van der Waals surface area (Å²) in [5.41, 5.74) is 6.03. The van der Waals surface area contributed by atoms with E-state index in [-0.39, 0.29) is 5.78 Å². The number of hydrogen-bond donors (Lipinski definition) is 1. The predicted molar refractivity (Wildman–Crippen MR) is 122 cm³/mol. The lowest BCUT2D eigenvalue weighted by molar-refractivity contribution is -0.128. The van der Waals surface area contributed by atoms with Gasteiger partial charge in [-0.3, -0.25) is 14.6 Å². The first-order valence-corrected chi connectivity index (χ1v) is 10.8. The molecule has 1 amide bonds. The molecule has 0 saturated carbocycles. The molecule has 158 valence electrons. The summed E-state index contributed by atoms with van der Waals surface area (Å²) in [5, 5.41) is 10.4. The van der Waals surface area contributed by atoms with Crippen molar-refractivity contribution in [2.75, 3.05) is 4.90 Å². The van der Waals surface area contributed by atoms with Crippen LogP contribution in [0, 0.1) is 22.2 Å². The number of nitriles is 1. The van der Waals surface area contributed by atoms with Gasteiger partial charge in [-0.15, -0.1) is 0 Å². The van der Waals surface area contributed by atoms with Crippen molar-refractivity contribution in [3.63, 3.8) is 0 Å². The molecule has 1 saturated heterocycles. The number of ketones is 1. The summed E-state index contributed by atoms with van der Waals surface area (Å²) < 4.78 is 0.902. The normalized spacial score (nSPS) is 26.7. The number of primary amides is 1. The minimum absolute atomic E-state index is 0.0538. The number of nitrogens with two attached hydrogens (primary N) is 1. The smallest absolute Gasteiger partial charge is 0.241 e. The van der Waals surface area contributed by atoms with E-state index in [1.165, 1.54) is 0 Å². The summed E-state index contributed by atoms with van der Waals surface area (Å²) in [5.74, 6) is -1.53. The highest BCUT2D eigenvalue weighted by molar-refractivity contribution is 9.10. The average molecular weight is 479 g/mol. The van der Waals surface area contributed by atoms with E-state index in [2.05, 4.69) is 27.0 Å². The Balaban J connectivity index is 2.06. The quantitative estimate of drug-likeness (QED) is 0.722. The van der Waals surface area contributed by atoms with E-state index >= 15 is 0 Å². The topological polar surface area (TPSA) is 100 Å². The Morgan fingerprint density at radius 1 is 1.23 bits per heavy atom. The van der Waals surface area contributed by atoms with Gasteiger partial charge in [-0.2, -0.15) is 5.26 Å². The number of carbonyl (C=O) groups excluding carboxylic acids is 2. The van der Waals surface area contributed by atoms with E-state index in [9.17, 15) is 14.9 Å². The van der Waals surface area contributed by atoms with Crippen molar-refractivity contribution in [2.24, 2.45) is 16.6 Å². The highest BCUT2D eigenvalue weighted by atomic mass is 79.9. The summed E-state index contributed by atoms with van der Waals surface area (Å²) in [7, 11) is 0. The van der Waals surface area contributed by atoms with Gasteiger partial charge >= 0.3 is 0 Å². The number of halogens is 1. The monoisotopic (exact) mass is 478 g/mol. The molecule has 1 aromatic heterocycles. The molecular formula is C24H23BrN4O2. The number of fused-ring (bicyclic) bond motifs is 3. The maximum Gasteiger partial charge on any atom is 0.241 e. The minimum Gasteiger partial charge on any atom is -0.368 e. The van der Waals surface area contributed by atoms with Gasteiger partial charge in [0, 0.05) is 33.9 Å². The van der Waals surface area contributed by atoms with Crippen molar-refractivity contribution >= 4 is 39.4 Å². The highest BCUT2D eigenvalue weighted by Gasteiger charge is 2.66. The molecule has 0 bridgehead atoms. The molecule has 6 nitrogen and oxygen atoms in total. The third-order valence-electron chi connectivity index (χ3n) is 6.26. The zero-order valence-corrected chi connectivity index (χ0v) is 19.1. The standard InChI is InChI=1S/C24H23BrN4O2/c1-23(2,3)21(30)20-19(14-8-10-28-11-9-14)24(13-26,22(27)31)18-7-4-15-12-16(25)5-6-17(15)29(18)20/h4-12,18-20H,1-3H3,(H2,27,31)/t18-,19-,20-,24+/m0/s1. The Morgan fingerprint density at radius 2 is 1.90 bits per heavy atom. The van der Waals surface area contributed by atoms with E-state index in [1.807, 2.05) is 56.0 Å². The largest absolute Gasteiger partial charge is 0.368 e. The summed E-state index contributed by atoms with van der Waals surface area (Å²) >= 11 is 3.49. The minimum atomic E-state index is -1.62. The van der Waals surface area contributed by atoms with Crippen LogP contribution in [0.5, 0.6) is 0 Å². The van der Waals surface area contributed by atoms with Crippen LogP contribution in [0.4, 0.5) is 5.69 Å². The average Bonchev–Trinajstić information content (AvgIpc) is 3.04. The Hall–Kier alpha value is -2.98. The van der Waals surface area contributed by atoms with Crippen LogP contribution in [0.3, 0.4) is 0 Å². The number of pyridine rings is 1. The Bertz CT molecular complexity index is 1130. The van der Waals surface area contributed by atoms with Crippen LogP contribution in [0.2, 0.25) is 0 Å². The first-order chi connectivity index (χ1) is 14.6. The number of anilines is 1. The van der Waals surface area contributed by atoms with Crippen LogP contribution in [-0.4, -0.2) is 28.8 Å². The summed E-state index contributed by atoms with van der Waals surface area (Å²) in [4.78, 5) is 32.8. The number of amides is 1. The predicted octanol–water partition coefficient (Wildman–Crippen LogP) is 3.82. The zero-order valence-electron chi connectivity index (χ0n) is 17.5. The lowest BCUT2D eigenvalue weighted by atomic mass is 9.66. The van der Waals surface area contributed by atoms with Gasteiger partial charge in [-0.1, -0.05) is 48.9 Å². The second-order valence-electron chi connectivity index (χ2n) is 9.08. The van der Waals surface area contributed by atoms with E-state index in [0.717, 1.165) is 15.7 Å². The maximum absolute atomic E-state index is 13.9. The number of nitrogens with zero attached hydrogens (tertiary/aromatic N) is 3. The second kappa shape index (κ2) is 7.31. The molecule has 1 fully saturated rings. The molecule has 4 atom stereocenters. The maximum atomic E-state index is 13.9. The molecule has 0 spiro atoms. The number of carbonyl (C=O) groups is 2. The molecule has 3 heterocycles. The van der Waals surface area contributed by atoms with Gasteiger partial charge in [0.2, 0.25) is 5.91 Å². The molecule has 2 aliphatic rings. The van der Waals surface area contributed by atoms with Crippen LogP contribution >= 0.6 is 15.9 Å².